The van der Waals surface area contributed by atoms with Crippen molar-refractivity contribution in [3.8, 4) is 5.75 Å². The van der Waals surface area contributed by atoms with E-state index in [-0.39, 0.29) is 5.54 Å². The Balaban J connectivity index is 1.89. The van der Waals surface area contributed by atoms with E-state index in [9.17, 15) is 0 Å². The SMILES string of the molecule is Cc1nnc(COc2ccc(CNC(C)(C)C)cc2)n1C. The average molecular weight is 288 g/mol. The number of ether oxygens (including phenoxy) is 1. The van der Waals surface area contributed by atoms with E-state index in [0.29, 0.717) is 6.61 Å². The van der Waals surface area contributed by atoms with Crippen molar-refractivity contribution in [2.75, 3.05) is 0 Å². The smallest absolute Gasteiger partial charge is 0.170 e. The molecule has 0 atom stereocenters. The molecule has 1 N–H and O–H groups in total. The zero-order valence-electron chi connectivity index (χ0n) is 13.5. The van der Waals surface area contributed by atoms with Crippen LogP contribution in [0.1, 0.15) is 38.0 Å². The molecule has 114 valence electrons. The van der Waals surface area contributed by atoms with Crippen molar-refractivity contribution in [3.63, 3.8) is 0 Å². The summed E-state index contributed by atoms with van der Waals surface area (Å²) in [6.45, 7) is 9.69. The summed E-state index contributed by atoms with van der Waals surface area (Å²) in [4.78, 5) is 0. The number of hydrogen-bond acceptors (Lipinski definition) is 4. The zero-order valence-corrected chi connectivity index (χ0v) is 13.5. The molecule has 0 aliphatic carbocycles. The number of aryl methyl sites for hydroxylation is 1. The van der Waals surface area contributed by atoms with E-state index >= 15 is 0 Å². The molecular weight excluding hydrogens is 264 g/mol. The van der Waals surface area contributed by atoms with E-state index in [1.54, 1.807) is 0 Å². The maximum absolute atomic E-state index is 5.74. The van der Waals surface area contributed by atoms with E-state index in [0.717, 1.165) is 23.9 Å². The minimum atomic E-state index is 0.123. The number of benzene rings is 1. The van der Waals surface area contributed by atoms with E-state index in [1.807, 2.05) is 30.7 Å². The molecule has 0 unspecified atom stereocenters. The molecule has 0 saturated carbocycles. The van der Waals surface area contributed by atoms with Gasteiger partial charge in [-0.3, -0.25) is 0 Å². The Morgan fingerprint density at radius 3 is 2.33 bits per heavy atom. The van der Waals surface area contributed by atoms with Gasteiger partial charge in [0.15, 0.2) is 5.82 Å². The first-order chi connectivity index (χ1) is 9.85. The number of aromatic nitrogens is 3. The summed E-state index contributed by atoms with van der Waals surface area (Å²) in [5, 5.41) is 11.6. The molecule has 0 fully saturated rings. The van der Waals surface area contributed by atoms with Gasteiger partial charge in [-0.25, -0.2) is 0 Å². The van der Waals surface area contributed by atoms with Gasteiger partial charge < -0.3 is 14.6 Å². The van der Waals surface area contributed by atoms with Crippen LogP contribution in [0.4, 0.5) is 0 Å². The van der Waals surface area contributed by atoms with Crippen molar-refractivity contribution < 1.29 is 4.74 Å². The molecule has 2 rings (SSSR count). The van der Waals surface area contributed by atoms with Crippen LogP contribution >= 0.6 is 0 Å². The third-order valence-corrected chi connectivity index (χ3v) is 3.30. The summed E-state index contributed by atoms with van der Waals surface area (Å²) in [6, 6.07) is 8.14. The summed E-state index contributed by atoms with van der Waals surface area (Å²) < 4.78 is 7.68. The summed E-state index contributed by atoms with van der Waals surface area (Å²) in [7, 11) is 1.94. The predicted molar refractivity (Wildman–Crippen MR) is 83.1 cm³/mol. The minimum absolute atomic E-state index is 0.123. The van der Waals surface area contributed by atoms with Gasteiger partial charge in [-0.1, -0.05) is 12.1 Å². The molecule has 0 aliphatic rings. The van der Waals surface area contributed by atoms with Crippen molar-refractivity contribution in [1.82, 2.24) is 20.1 Å². The fraction of sp³-hybridized carbons (Fsp3) is 0.500. The Hall–Kier alpha value is -1.88. The topological polar surface area (TPSA) is 52.0 Å². The van der Waals surface area contributed by atoms with Crippen molar-refractivity contribution in [2.45, 2.75) is 46.4 Å². The highest BCUT2D eigenvalue weighted by molar-refractivity contribution is 5.27. The van der Waals surface area contributed by atoms with E-state index in [1.165, 1.54) is 5.56 Å². The Morgan fingerprint density at radius 1 is 1.14 bits per heavy atom. The first kappa shape index (κ1) is 15.5. The van der Waals surface area contributed by atoms with Crippen LogP contribution in [-0.4, -0.2) is 20.3 Å². The van der Waals surface area contributed by atoms with E-state index < -0.39 is 0 Å². The molecule has 1 heterocycles. The van der Waals surface area contributed by atoms with E-state index in [4.69, 9.17) is 4.74 Å². The van der Waals surface area contributed by atoms with Gasteiger partial charge in [-0.2, -0.15) is 0 Å². The van der Waals surface area contributed by atoms with Gasteiger partial charge in [0.05, 0.1) is 0 Å². The fourth-order valence-corrected chi connectivity index (χ4v) is 1.80. The van der Waals surface area contributed by atoms with Crippen molar-refractivity contribution >= 4 is 0 Å². The first-order valence-corrected chi connectivity index (χ1v) is 7.17. The maximum Gasteiger partial charge on any atom is 0.170 e. The Morgan fingerprint density at radius 2 is 1.81 bits per heavy atom. The summed E-state index contributed by atoms with van der Waals surface area (Å²) in [5.74, 6) is 2.55. The van der Waals surface area contributed by atoms with Crippen LogP contribution in [0.25, 0.3) is 0 Å². The number of nitrogens with zero attached hydrogens (tertiary/aromatic N) is 3. The van der Waals surface area contributed by atoms with Crippen LogP contribution in [0, 0.1) is 6.92 Å². The van der Waals surface area contributed by atoms with Crippen LogP contribution in [0.3, 0.4) is 0 Å². The molecule has 0 saturated heterocycles. The third kappa shape index (κ3) is 4.56. The highest BCUT2D eigenvalue weighted by Gasteiger charge is 2.08. The van der Waals surface area contributed by atoms with Gasteiger partial charge in [0.2, 0.25) is 0 Å². The maximum atomic E-state index is 5.74. The molecule has 5 heteroatoms. The monoisotopic (exact) mass is 288 g/mol. The van der Waals surface area contributed by atoms with Gasteiger partial charge in [-0.15, -0.1) is 10.2 Å². The quantitative estimate of drug-likeness (QED) is 0.919. The van der Waals surface area contributed by atoms with Gasteiger partial charge in [0, 0.05) is 19.1 Å². The van der Waals surface area contributed by atoms with Crippen LogP contribution in [-0.2, 0) is 20.2 Å². The third-order valence-electron chi connectivity index (χ3n) is 3.30. The lowest BCUT2D eigenvalue weighted by Gasteiger charge is -2.20. The van der Waals surface area contributed by atoms with Crippen LogP contribution < -0.4 is 10.1 Å². The van der Waals surface area contributed by atoms with Crippen LogP contribution in [0.2, 0.25) is 0 Å². The summed E-state index contributed by atoms with van der Waals surface area (Å²) in [6.07, 6.45) is 0. The van der Waals surface area contributed by atoms with Gasteiger partial charge in [-0.05, 0) is 45.4 Å². The van der Waals surface area contributed by atoms with Crippen molar-refractivity contribution in [3.05, 3.63) is 41.5 Å². The molecule has 2 aromatic rings. The molecule has 1 aromatic carbocycles. The second kappa shape index (κ2) is 6.26. The summed E-state index contributed by atoms with van der Waals surface area (Å²) >= 11 is 0. The Bertz CT molecular complexity index is 581. The van der Waals surface area contributed by atoms with Gasteiger partial charge >= 0.3 is 0 Å². The molecular formula is C16H24N4O. The second-order valence-electron chi connectivity index (χ2n) is 6.26. The molecule has 0 bridgehead atoms. The normalized spacial score (nSPS) is 11.7. The fourth-order valence-electron chi connectivity index (χ4n) is 1.80. The molecule has 5 nitrogen and oxygen atoms in total. The highest BCUT2D eigenvalue weighted by atomic mass is 16.5. The molecule has 0 amide bonds. The van der Waals surface area contributed by atoms with Gasteiger partial charge in [0.1, 0.15) is 18.2 Å². The zero-order chi connectivity index (χ0) is 15.5. The number of nitrogens with one attached hydrogen (secondary N) is 1. The van der Waals surface area contributed by atoms with Crippen molar-refractivity contribution in [2.24, 2.45) is 7.05 Å². The lowest BCUT2D eigenvalue weighted by Crippen LogP contribution is -2.34. The van der Waals surface area contributed by atoms with Crippen LogP contribution in [0.15, 0.2) is 24.3 Å². The highest BCUT2D eigenvalue weighted by Crippen LogP contribution is 2.14. The summed E-state index contributed by atoms with van der Waals surface area (Å²) in [5.41, 5.74) is 1.37. The first-order valence-electron chi connectivity index (χ1n) is 7.17. The molecule has 0 aliphatic heterocycles. The molecule has 0 spiro atoms. The number of hydrogen-bond donors (Lipinski definition) is 1. The van der Waals surface area contributed by atoms with Gasteiger partial charge in [0.25, 0.3) is 0 Å². The second-order valence-corrected chi connectivity index (χ2v) is 6.26. The minimum Gasteiger partial charge on any atom is -0.486 e. The van der Waals surface area contributed by atoms with Crippen molar-refractivity contribution in [1.29, 1.82) is 0 Å². The lowest BCUT2D eigenvalue weighted by atomic mass is 10.1. The average Bonchev–Trinajstić information content (AvgIpc) is 2.75. The Kier molecular flexibility index (Phi) is 4.63. The Labute approximate surface area is 126 Å². The van der Waals surface area contributed by atoms with Crippen LogP contribution in [0.5, 0.6) is 5.75 Å². The largest absolute Gasteiger partial charge is 0.486 e. The molecule has 21 heavy (non-hydrogen) atoms. The van der Waals surface area contributed by atoms with E-state index in [2.05, 4.69) is 48.4 Å². The lowest BCUT2D eigenvalue weighted by molar-refractivity contribution is 0.291. The molecule has 1 aromatic heterocycles. The standard InChI is InChI=1S/C16H24N4O/c1-12-18-19-15(20(12)5)11-21-14-8-6-13(7-9-14)10-17-16(2,3)4/h6-9,17H,10-11H2,1-5H3. The predicted octanol–water partition coefficient (Wildman–Crippen LogP) is 2.59. The molecule has 0 radical (unpaired) electrons. The number of rotatable bonds is 5.